The standard InChI is InChI=1S/C14H19N3O3/c1-16(2)9-11-6-4-3-5-10(11)8-15-14(18)12-7-13(12)17(19)20/h3-6,12-13H,7-9H2,1-2H3,(H,15,18). The SMILES string of the molecule is CN(C)Cc1ccccc1CNC(=O)C1CC1[N+](=O)[O-]. The number of carbonyl (C=O) groups is 1. The Morgan fingerprint density at radius 2 is 2.05 bits per heavy atom. The molecule has 1 aromatic carbocycles. The van der Waals surface area contributed by atoms with E-state index in [0.29, 0.717) is 13.0 Å². The molecule has 0 saturated heterocycles. The summed E-state index contributed by atoms with van der Waals surface area (Å²) in [4.78, 5) is 24.0. The van der Waals surface area contributed by atoms with Crippen molar-refractivity contribution in [3.63, 3.8) is 0 Å². The van der Waals surface area contributed by atoms with Crippen molar-refractivity contribution in [2.24, 2.45) is 5.92 Å². The molecule has 0 heterocycles. The molecule has 1 aliphatic rings. The maximum atomic E-state index is 11.8. The number of nitrogens with zero attached hydrogens (tertiary/aromatic N) is 2. The van der Waals surface area contributed by atoms with E-state index in [0.717, 1.165) is 17.7 Å². The Kier molecular flexibility index (Phi) is 4.34. The van der Waals surface area contributed by atoms with Crippen molar-refractivity contribution in [1.82, 2.24) is 10.2 Å². The van der Waals surface area contributed by atoms with E-state index >= 15 is 0 Å². The molecule has 0 radical (unpaired) electrons. The molecule has 2 rings (SSSR count). The summed E-state index contributed by atoms with van der Waals surface area (Å²) in [5.41, 5.74) is 2.20. The van der Waals surface area contributed by atoms with Crippen LogP contribution >= 0.6 is 0 Å². The number of hydrogen-bond acceptors (Lipinski definition) is 4. The van der Waals surface area contributed by atoms with Gasteiger partial charge in [0.15, 0.2) is 0 Å². The quantitative estimate of drug-likeness (QED) is 0.622. The predicted molar refractivity (Wildman–Crippen MR) is 74.6 cm³/mol. The number of hydrogen-bond donors (Lipinski definition) is 1. The van der Waals surface area contributed by atoms with Crippen molar-refractivity contribution in [2.45, 2.75) is 25.6 Å². The summed E-state index contributed by atoms with van der Waals surface area (Å²) in [7, 11) is 3.97. The minimum Gasteiger partial charge on any atom is -0.352 e. The van der Waals surface area contributed by atoms with Gasteiger partial charge in [-0.25, -0.2) is 0 Å². The van der Waals surface area contributed by atoms with Crippen LogP contribution in [0.15, 0.2) is 24.3 Å². The first-order chi connectivity index (χ1) is 9.49. The molecule has 1 saturated carbocycles. The van der Waals surface area contributed by atoms with Crippen molar-refractivity contribution in [2.75, 3.05) is 14.1 Å². The third-order valence-electron chi connectivity index (χ3n) is 3.42. The molecule has 1 aliphatic carbocycles. The first-order valence-electron chi connectivity index (χ1n) is 6.61. The highest BCUT2D eigenvalue weighted by Gasteiger charge is 2.53. The van der Waals surface area contributed by atoms with E-state index in [4.69, 9.17) is 0 Å². The molecule has 108 valence electrons. The van der Waals surface area contributed by atoms with Crippen molar-refractivity contribution in [3.05, 3.63) is 45.5 Å². The highest BCUT2D eigenvalue weighted by atomic mass is 16.6. The second-order valence-electron chi connectivity index (χ2n) is 5.42. The summed E-state index contributed by atoms with van der Waals surface area (Å²) in [6.45, 7) is 1.22. The maximum Gasteiger partial charge on any atom is 0.230 e. The lowest BCUT2D eigenvalue weighted by Gasteiger charge is -2.14. The van der Waals surface area contributed by atoms with Gasteiger partial charge in [0.25, 0.3) is 0 Å². The Morgan fingerprint density at radius 1 is 1.40 bits per heavy atom. The van der Waals surface area contributed by atoms with Crippen LogP contribution in [-0.2, 0) is 17.9 Å². The molecule has 1 N–H and O–H groups in total. The van der Waals surface area contributed by atoms with Crippen LogP contribution in [0.5, 0.6) is 0 Å². The monoisotopic (exact) mass is 277 g/mol. The Labute approximate surface area is 117 Å². The first kappa shape index (κ1) is 14.5. The molecule has 1 fully saturated rings. The van der Waals surface area contributed by atoms with Crippen LogP contribution in [-0.4, -0.2) is 35.9 Å². The summed E-state index contributed by atoms with van der Waals surface area (Å²) >= 11 is 0. The molecule has 1 amide bonds. The second-order valence-corrected chi connectivity index (χ2v) is 5.42. The Balaban J connectivity index is 1.91. The fraction of sp³-hybridized carbons (Fsp3) is 0.500. The van der Waals surface area contributed by atoms with Gasteiger partial charge in [-0.3, -0.25) is 14.9 Å². The number of amides is 1. The van der Waals surface area contributed by atoms with Gasteiger partial charge in [-0.1, -0.05) is 24.3 Å². The largest absolute Gasteiger partial charge is 0.352 e. The molecule has 2 atom stereocenters. The van der Waals surface area contributed by atoms with E-state index in [-0.39, 0.29) is 10.8 Å². The minimum atomic E-state index is -0.688. The lowest BCUT2D eigenvalue weighted by molar-refractivity contribution is -0.497. The van der Waals surface area contributed by atoms with E-state index in [9.17, 15) is 14.9 Å². The van der Waals surface area contributed by atoms with Gasteiger partial charge < -0.3 is 10.2 Å². The zero-order valence-corrected chi connectivity index (χ0v) is 11.7. The van der Waals surface area contributed by atoms with Crippen LogP contribution < -0.4 is 5.32 Å². The van der Waals surface area contributed by atoms with Gasteiger partial charge >= 0.3 is 0 Å². The Hall–Kier alpha value is -1.95. The van der Waals surface area contributed by atoms with E-state index in [2.05, 4.69) is 10.2 Å². The third-order valence-corrected chi connectivity index (χ3v) is 3.42. The fourth-order valence-corrected chi connectivity index (χ4v) is 2.23. The summed E-state index contributed by atoms with van der Waals surface area (Å²) in [6.07, 6.45) is 0.359. The Bertz CT molecular complexity index is 516. The molecular formula is C14H19N3O3. The van der Waals surface area contributed by atoms with Crippen LogP contribution in [0.1, 0.15) is 17.5 Å². The molecule has 1 aromatic rings. The molecule has 6 heteroatoms. The number of carbonyl (C=O) groups excluding carboxylic acids is 1. The van der Waals surface area contributed by atoms with Gasteiger partial charge in [0.1, 0.15) is 5.92 Å². The van der Waals surface area contributed by atoms with Crippen LogP contribution in [0, 0.1) is 16.0 Å². The van der Waals surface area contributed by atoms with Crippen molar-refractivity contribution < 1.29 is 9.72 Å². The van der Waals surface area contributed by atoms with E-state index in [1.165, 1.54) is 0 Å². The molecular weight excluding hydrogens is 258 g/mol. The van der Waals surface area contributed by atoms with Crippen LogP contribution in [0.2, 0.25) is 0 Å². The molecule has 0 aliphatic heterocycles. The zero-order chi connectivity index (χ0) is 14.7. The van der Waals surface area contributed by atoms with E-state index in [1.54, 1.807) is 0 Å². The molecule has 0 aromatic heterocycles. The van der Waals surface area contributed by atoms with E-state index in [1.807, 2.05) is 38.4 Å². The van der Waals surface area contributed by atoms with Gasteiger partial charge in [-0.05, 0) is 25.2 Å². The van der Waals surface area contributed by atoms with Crippen LogP contribution in [0.4, 0.5) is 0 Å². The first-order valence-corrected chi connectivity index (χ1v) is 6.61. The molecule has 0 bridgehead atoms. The average molecular weight is 277 g/mol. The second kappa shape index (κ2) is 6.00. The number of rotatable bonds is 6. The zero-order valence-electron chi connectivity index (χ0n) is 11.7. The lowest BCUT2D eigenvalue weighted by Crippen LogP contribution is -2.27. The summed E-state index contributed by atoms with van der Waals surface area (Å²) < 4.78 is 0. The average Bonchev–Trinajstić information content (AvgIpc) is 3.17. The normalized spacial score (nSPS) is 20.8. The highest BCUT2D eigenvalue weighted by molar-refractivity contribution is 5.81. The number of nitrogens with one attached hydrogen (secondary N) is 1. The van der Waals surface area contributed by atoms with Gasteiger partial charge in [-0.15, -0.1) is 0 Å². The van der Waals surface area contributed by atoms with Crippen molar-refractivity contribution in [1.29, 1.82) is 0 Å². The molecule has 20 heavy (non-hydrogen) atoms. The van der Waals surface area contributed by atoms with Crippen molar-refractivity contribution in [3.8, 4) is 0 Å². The Morgan fingerprint density at radius 3 is 2.60 bits per heavy atom. The highest BCUT2D eigenvalue weighted by Crippen LogP contribution is 2.33. The van der Waals surface area contributed by atoms with E-state index < -0.39 is 12.0 Å². The third kappa shape index (κ3) is 3.54. The smallest absolute Gasteiger partial charge is 0.230 e. The van der Waals surface area contributed by atoms with Crippen LogP contribution in [0.25, 0.3) is 0 Å². The molecule has 2 unspecified atom stereocenters. The lowest BCUT2D eigenvalue weighted by atomic mass is 10.1. The van der Waals surface area contributed by atoms with Crippen molar-refractivity contribution >= 4 is 5.91 Å². The number of benzene rings is 1. The van der Waals surface area contributed by atoms with Gasteiger partial charge in [0.05, 0.1) is 0 Å². The van der Waals surface area contributed by atoms with Gasteiger partial charge in [-0.2, -0.15) is 0 Å². The number of nitro groups is 1. The van der Waals surface area contributed by atoms with Gasteiger partial charge in [0, 0.05) is 24.4 Å². The summed E-state index contributed by atoms with van der Waals surface area (Å²) in [5.74, 6) is -0.669. The maximum absolute atomic E-state index is 11.8. The fourth-order valence-electron chi connectivity index (χ4n) is 2.23. The summed E-state index contributed by atoms with van der Waals surface area (Å²) in [6, 6.07) is 7.20. The summed E-state index contributed by atoms with van der Waals surface area (Å²) in [5, 5.41) is 13.3. The molecule has 0 spiro atoms. The minimum absolute atomic E-state index is 0.216. The van der Waals surface area contributed by atoms with Crippen LogP contribution in [0.3, 0.4) is 0 Å². The predicted octanol–water partition coefficient (Wildman–Crippen LogP) is 1.03. The molecule has 6 nitrogen and oxygen atoms in total. The topological polar surface area (TPSA) is 75.5 Å². The van der Waals surface area contributed by atoms with Gasteiger partial charge in [0.2, 0.25) is 11.9 Å².